The number of pyridine rings is 1. The van der Waals surface area contributed by atoms with Gasteiger partial charge in [0.2, 0.25) is 5.91 Å². The number of rotatable bonds is 5. The average molecular weight is 335 g/mol. The number of aromatic nitrogens is 1. The van der Waals surface area contributed by atoms with E-state index >= 15 is 0 Å². The van der Waals surface area contributed by atoms with Gasteiger partial charge in [-0.15, -0.1) is 0 Å². The van der Waals surface area contributed by atoms with Gasteiger partial charge in [-0.3, -0.25) is 4.79 Å². The Labute approximate surface area is 121 Å². The molecule has 1 unspecified atom stereocenters. The molecule has 0 saturated carbocycles. The molecule has 0 aliphatic carbocycles. The third-order valence-corrected chi connectivity index (χ3v) is 2.96. The molecule has 1 heterocycles. The fourth-order valence-electron chi connectivity index (χ4n) is 1.25. The van der Waals surface area contributed by atoms with E-state index in [1.165, 1.54) is 0 Å². The summed E-state index contributed by atoms with van der Waals surface area (Å²) < 4.78 is 0.801. The molecule has 6 heteroatoms. The van der Waals surface area contributed by atoms with E-state index in [0.29, 0.717) is 23.3 Å². The lowest BCUT2D eigenvalue weighted by Gasteiger charge is -2.16. The largest absolute Gasteiger partial charge is 0.357 e. The van der Waals surface area contributed by atoms with Gasteiger partial charge < -0.3 is 10.6 Å². The number of halogens is 2. The van der Waals surface area contributed by atoms with E-state index in [1.54, 1.807) is 19.2 Å². The number of nitrogens with zero attached hydrogens (tertiary/aromatic N) is 1. The Morgan fingerprint density at radius 3 is 2.72 bits per heavy atom. The van der Waals surface area contributed by atoms with Crippen LogP contribution in [0.3, 0.4) is 0 Å². The molecule has 0 radical (unpaired) electrons. The zero-order chi connectivity index (χ0) is 13.7. The first-order valence-corrected chi connectivity index (χ1v) is 6.92. The lowest BCUT2D eigenvalue weighted by Crippen LogP contribution is -2.39. The second kappa shape index (κ2) is 6.95. The van der Waals surface area contributed by atoms with Crippen molar-refractivity contribution < 1.29 is 4.79 Å². The maximum absolute atomic E-state index is 11.8. The Morgan fingerprint density at radius 1 is 1.50 bits per heavy atom. The Hall–Kier alpha value is -0.810. The molecular weight excluding hydrogens is 318 g/mol. The first kappa shape index (κ1) is 15.2. The van der Waals surface area contributed by atoms with Gasteiger partial charge >= 0.3 is 0 Å². The van der Waals surface area contributed by atoms with Gasteiger partial charge in [0, 0.05) is 17.2 Å². The van der Waals surface area contributed by atoms with Crippen molar-refractivity contribution in [3.63, 3.8) is 0 Å². The summed E-state index contributed by atoms with van der Waals surface area (Å²) in [5, 5.41) is 6.32. The van der Waals surface area contributed by atoms with E-state index < -0.39 is 0 Å². The van der Waals surface area contributed by atoms with Crippen molar-refractivity contribution in [1.82, 2.24) is 10.3 Å². The van der Waals surface area contributed by atoms with Gasteiger partial charge in [0.25, 0.3) is 0 Å². The van der Waals surface area contributed by atoms with Crippen LogP contribution in [0.15, 0.2) is 16.7 Å². The highest BCUT2D eigenvalue weighted by molar-refractivity contribution is 9.10. The zero-order valence-corrected chi connectivity index (χ0v) is 13.0. The zero-order valence-electron chi connectivity index (χ0n) is 10.6. The quantitative estimate of drug-likeness (QED) is 0.870. The highest BCUT2D eigenvalue weighted by atomic mass is 79.9. The van der Waals surface area contributed by atoms with E-state index in [2.05, 4.69) is 31.5 Å². The number of hydrogen-bond donors (Lipinski definition) is 2. The number of carbonyl (C=O) groups excluding carboxylic acids is 1. The standard InChI is InChI=1S/C12H17BrClN3O/c1-7(2)5-16-12(18)8(3)17-11-10(14)4-9(13)6-15-11/h4,6-8H,5H2,1-3H3,(H,15,17)(H,16,18). The van der Waals surface area contributed by atoms with Crippen molar-refractivity contribution in [2.24, 2.45) is 5.92 Å². The van der Waals surface area contributed by atoms with Crippen molar-refractivity contribution >= 4 is 39.3 Å². The van der Waals surface area contributed by atoms with Gasteiger partial charge in [-0.25, -0.2) is 4.98 Å². The smallest absolute Gasteiger partial charge is 0.242 e. The van der Waals surface area contributed by atoms with Crippen LogP contribution in [-0.4, -0.2) is 23.5 Å². The van der Waals surface area contributed by atoms with Gasteiger partial charge in [-0.05, 0) is 34.8 Å². The molecule has 0 aliphatic heterocycles. The van der Waals surface area contributed by atoms with E-state index in [4.69, 9.17) is 11.6 Å². The summed E-state index contributed by atoms with van der Waals surface area (Å²) >= 11 is 9.30. The SMILES string of the molecule is CC(C)CNC(=O)C(C)Nc1ncc(Br)cc1Cl. The van der Waals surface area contributed by atoms with E-state index in [9.17, 15) is 4.79 Å². The predicted molar refractivity (Wildman–Crippen MR) is 77.9 cm³/mol. The molecule has 0 spiro atoms. The first-order valence-electron chi connectivity index (χ1n) is 5.75. The molecule has 1 amide bonds. The summed E-state index contributed by atoms with van der Waals surface area (Å²) in [5.74, 6) is 0.868. The monoisotopic (exact) mass is 333 g/mol. The third-order valence-electron chi connectivity index (χ3n) is 2.24. The van der Waals surface area contributed by atoms with Gasteiger partial charge in [-0.2, -0.15) is 0 Å². The fourth-order valence-corrected chi connectivity index (χ4v) is 1.93. The normalized spacial score (nSPS) is 12.3. The number of nitrogens with one attached hydrogen (secondary N) is 2. The van der Waals surface area contributed by atoms with Gasteiger partial charge in [0.1, 0.15) is 11.9 Å². The van der Waals surface area contributed by atoms with E-state index in [1.807, 2.05) is 13.8 Å². The molecule has 0 aliphatic rings. The number of amides is 1. The highest BCUT2D eigenvalue weighted by Crippen LogP contribution is 2.23. The minimum absolute atomic E-state index is 0.0653. The van der Waals surface area contributed by atoms with Crippen LogP contribution in [0.25, 0.3) is 0 Å². The third kappa shape index (κ3) is 4.82. The Morgan fingerprint density at radius 2 is 2.17 bits per heavy atom. The Kier molecular flexibility index (Phi) is 5.88. The van der Waals surface area contributed by atoms with Crippen LogP contribution < -0.4 is 10.6 Å². The van der Waals surface area contributed by atoms with Crippen LogP contribution in [0.5, 0.6) is 0 Å². The van der Waals surface area contributed by atoms with Crippen molar-refractivity contribution in [3.8, 4) is 0 Å². The second-order valence-electron chi connectivity index (χ2n) is 4.49. The summed E-state index contributed by atoms with van der Waals surface area (Å²) in [6.07, 6.45) is 1.63. The average Bonchev–Trinajstić information content (AvgIpc) is 2.29. The molecule has 0 fully saturated rings. The molecule has 0 saturated heterocycles. The van der Waals surface area contributed by atoms with Crippen molar-refractivity contribution in [2.45, 2.75) is 26.8 Å². The van der Waals surface area contributed by atoms with Gasteiger partial charge in [0.05, 0.1) is 5.02 Å². The molecule has 100 valence electrons. The summed E-state index contributed by atoms with van der Waals surface area (Å²) in [4.78, 5) is 15.9. The molecular formula is C12H17BrClN3O. The fraction of sp³-hybridized carbons (Fsp3) is 0.500. The van der Waals surface area contributed by atoms with Crippen LogP contribution in [0.2, 0.25) is 5.02 Å². The Bertz CT molecular complexity index is 426. The molecule has 0 bridgehead atoms. The Balaban J connectivity index is 2.58. The van der Waals surface area contributed by atoms with Gasteiger partial charge in [-0.1, -0.05) is 25.4 Å². The molecule has 1 atom stereocenters. The van der Waals surface area contributed by atoms with Crippen LogP contribution >= 0.6 is 27.5 Å². The molecule has 1 aromatic rings. The minimum atomic E-state index is -0.380. The molecule has 1 rings (SSSR count). The summed E-state index contributed by atoms with van der Waals surface area (Å²) in [6.45, 7) is 6.53. The van der Waals surface area contributed by atoms with Crippen molar-refractivity contribution in [3.05, 3.63) is 21.8 Å². The van der Waals surface area contributed by atoms with Gasteiger partial charge in [0.15, 0.2) is 0 Å². The maximum Gasteiger partial charge on any atom is 0.242 e. The van der Waals surface area contributed by atoms with Crippen molar-refractivity contribution in [1.29, 1.82) is 0 Å². The summed E-state index contributed by atoms with van der Waals surface area (Å²) in [7, 11) is 0. The highest BCUT2D eigenvalue weighted by Gasteiger charge is 2.14. The van der Waals surface area contributed by atoms with Crippen molar-refractivity contribution in [2.75, 3.05) is 11.9 Å². The molecule has 4 nitrogen and oxygen atoms in total. The van der Waals surface area contributed by atoms with E-state index in [-0.39, 0.29) is 11.9 Å². The maximum atomic E-state index is 11.8. The van der Waals surface area contributed by atoms with E-state index in [0.717, 1.165) is 4.47 Å². The second-order valence-corrected chi connectivity index (χ2v) is 5.81. The lowest BCUT2D eigenvalue weighted by atomic mass is 10.2. The van der Waals surface area contributed by atoms with Crippen LogP contribution in [0, 0.1) is 5.92 Å². The predicted octanol–water partition coefficient (Wildman–Crippen LogP) is 3.07. The first-order chi connectivity index (χ1) is 8.40. The summed E-state index contributed by atoms with van der Waals surface area (Å²) in [6, 6.07) is 1.35. The number of carbonyl (C=O) groups is 1. The van der Waals surface area contributed by atoms with Crippen LogP contribution in [-0.2, 0) is 4.79 Å². The molecule has 1 aromatic heterocycles. The lowest BCUT2D eigenvalue weighted by molar-refractivity contribution is -0.121. The summed E-state index contributed by atoms with van der Waals surface area (Å²) in [5.41, 5.74) is 0. The molecule has 2 N–H and O–H groups in total. The molecule has 18 heavy (non-hydrogen) atoms. The topological polar surface area (TPSA) is 54.0 Å². The number of hydrogen-bond acceptors (Lipinski definition) is 3. The van der Waals surface area contributed by atoms with Crippen LogP contribution in [0.4, 0.5) is 5.82 Å². The minimum Gasteiger partial charge on any atom is -0.357 e. The number of anilines is 1. The molecule has 0 aromatic carbocycles. The van der Waals surface area contributed by atoms with Crippen LogP contribution in [0.1, 0.15) is 20.8 Å².